The van der Waals surface area contributed by atoms with Crippen molar-refractivity contribution in [2.75, 3.05) is 26.2 Å². The highest BCUT2D eigenvalue weighted by atomic mass is 19.1. The number of benzene rings is 1. The van der Waals surface area contributed by atoms with Gasteiger partial charge >= 0.3 is 23.9 Å². The maximum Gasteiger partial charge on any atom is 0.336 e. The smallest absolute Gasteiger partial charge is 0.336 e. The SMILES string of the molecule is CCOC(=O)C1(CC2CC(c3cccc(F)c3)=NO2)CCN(CC2CC2)CC1.O=C(O)CC(O)(CC(=O)O)C(=O)O. The molecule has 2 heterocycles. The largest absolute Gasteiger partial charge is 0.481 e. The fourth-order valence-electron chi connectivity index (χ4n) is 5.13. The Labute approximate surface area is 236 Å². The Balaban J connectivity index is 0.000000302. The summed E-state index contributed by atoms with van der Waals surface area (Å²) < 4.78 is 19.0. The minimum atomic E-state index is -2.74. The number of carbonyl (C=O) groups excluding carboxylic acids is 1. The number of carboxylic acids is 3. The van der Waals surface area contributed by atoms with Gasteiger partial charge in [0.15, 0.2) is 5.60 Å². The molecule has 0 aromatic heterocycles. The number of halogens is 1. The molecule has 0 bridgehead atoms. The lowest BCUT2D eigenvalue weighted by Crippen LogP contribution is -2.47. The first-order valence-corrected chi connectivity index (χ1v) is 13.6. The van der Waals surface area contributed by atoms with E-state index in [2.05, 4.69) is 10.1 Å². The molecule has 0 spiro atoms. The van der Waals surface area contributed by atoms with Gasteiger partial charge in [-0.1, -0.05) is 17.3 Å². The molecule has 3 aliphatic rings. The minimum Gasteiger partial charge on any atom is -0.481 e. The number of ether oxygens (including phenoxy) is 1. The number of hydrogen-bond donors (Lipinski definition) is 4. The number of carboxylic acid groups (broad SMARTS) is 3. The van der Waals surface area contributed by atoms with Crippen LogP contribution in [-0.4, -0.2) is 92.9 Å². The standard InChI is InChI=1S/C22H29FN2O3.C6H8O7/c1-2-27-21(26)22(8-10-25(11-9-22)15-16-6-7-16)14-19-13-20(24-28-19)17-4-3-5-18(23)12-17;7-3(8)1-6(13,5(11)12)2-4(9)10/h3-5,12,16,19H,2,6-11,13-15H2,1H3;13H,1-2H2,(H,7,8)(H,9,10)(H,11,12). The molecular formula is C28H37FN2O10. The van der Waals surface area contributed by atoms with E-state index in [0.29, 0.717) is 19.4 Å². The normalized spacial score (nSPS) is 20.2. The van der Waals surface area contributed by atoms with Crippen molar-refractivity contribution in [2.45, 2.75) is 70.0 Å². The molecule has 1 aliphatic carbocycles. The molecule has 1 saturated heterocycles. The molecule has 4 N–H and O–H groups in total. The van der Waals surface area contributed by atoms with Crippen molar-refractivity contribution in [3.63, 3.8) is 0 Å². The van der Waals surface area contributed by atoms with Crippen LogP contribution in [0.25, 0.3) is 0 Å². The molecule has 13 heteroatoms. The van der Waals surface area contributed by atoms with Crippen molar-refractivity contribution >= 4 is 29.6 Å². The molecule has 2 aliphatic heterocycles. The highest BCUT2D eigenvalue weighted by Gasteiger charge is 2.46. The van der Waals surface area contributed by atoms with E-state index < -0.39 is 41.8 Å². The third-order valence-electron chi connectivity index (χ3n) is 7.53. The van der Waals surface area contributed by atoms with Gasteiger partial charge in [0.05, 0.1) is 30.6 Å². The number of piperidine rings is 1. The van der Waals surface area contributed by atoms with Gasteiger partial charge in [0.25, 0.3) is 0 Å². The molecule has 0 amide bonds. The van der Waals surface area contributed by atoms with Gasteiger partial charge < -0.3 is 34.9 Å². The topological polar surface area (TPSA) is 183 Å². The van der Waals surface area contributed by atoms with Crippen molar-refractivity contribution < 1.29 is 53.6 Å². The first-order valence-electron chi connectivity index (χ1n) is 13.6. The van der Waals surface area contributed by atoms with Crippen molar-refractivity contribution in [3.05, 3.63) is 35.6 Å². The number of nitrogens with zero attached hydrogens (tertiary/aromatic N) is 2. The molecule has 226 valence electrons. The van der Waals surface area contributed by atoms with Gasteiger partial charge in [0.2, 0.25) is 0 Å². The highest BCUT2D eigenvalue weighted by Crippen LogP contribution is 2.41. The Morgan fingerprint density at radius 2 is 1.76 bits per heavy atom. The summed E-state index contributed by atoms with van der Waals surface area (Å²) >= 11 is 0. The summed E-state index contributed by atoms with van der Waals surface area (Å²) in [5.41, 5.74) is -1.76. The van der Waals surface area contributed by atoms with Crippen LogP contribution in [0.4, 0.5) is 4.39 Å². The summed E-state index contributed by atoms with van der Waals surface area (Å²) in [6, 6.07) is 6.41. The van der Waals surface area contributed by atoms with E-state index >= 15 is 0 Å². The number of aliphatic carboxylic acids is 3. The molecule has 12 nitrogen and oxygen atoms in total. The number of hydrogen-bond acceptors (Lipinski definition) is 9. The zero-order valence-corrected chi connectivity index (χ0v) is 23.0. The lowest BCUT2D eigenvalue weighted by atomic mass is 9.73. The molecule has 1 unspecified atom stereocenters. The van der Waals surface area contributed by atoms with Crippen LogP contribution in [0.2, 0.25) is 0 Å². The maximum absolute atomic E-state index is 13.5. The molecule has 1 aromatic rings. The number of rotatable bonds is 12. The summed E-state index contributed by atoms with van der Waals surface area (Å²) in [7, 11) is 0. The summed E-state index contributed by atoms with van der Waals surface area (Å²) in [5.74, 6) is -4.55. The molecule has 41 heavy (non-hydrogen) atoms. The van der Waals surface area contributed by atoms with Crippen molar-refractivity contribution in [2.24, 2.45) is 16.5 Å². The van der Waals surface area contributed by atoms with Gasteiger partial charge in [-0.25, -0.2) is 9.18 Å². The van der Waals surface area contributed by atoms with E-state index in [-0.39, 0.29) is 17.9 Å². The van der Waals surface area contributed by atoms with Crippen LogP contribution < -0.4 is 0 Å². The van der Waals surface area contributed by atoms with Crippen molar-refractivity contribution in [1.82, 2.24) is 4.90 Å². The van der Waals surface area contributed by atoms with Gasteiger partial charge in [-0.3, -0.25) is 14.4 Å². The molecule has 1 atom stereocenters. The molecule has 1 saturated carbocycles. The van der Waals surface area contributed by atoms with Crippen LogP contribution in [0.3, 0.4) is 0 Å². The first-order chi connectivity index (χ1) is 19.4. The summed E-state index contributed by atoms with van der Waals surface area (Å²) in [6.45, 7) is 5.26. The zero-order valence-electron chi connectivity index (χ0n) is 23.0. The highest BCUT2D eigenvalue weighted by molar-refractivity contribution is 6.01. The predicted octanol–water partition coefficient (Wildman–Crippen LogP) is 2.52. The first kappa shape index (κ1) is 31.9. The number of likely N-dealkylation sites (tertiary alicyclic amines) is 1. The van der Waals surface area contributed by atoms with E-state index in [4.69, 9.17) is 30.0 Å². The second-order valence-corrected chi connectivity index (χ2v) is 10.9. The molecule has 4 rings (SSSR count). The van der Waals surface area contributed by atoms with E-state index in [1.165, 1.54) is 25.0 Å². The van der Waals surface area contributed by atoms with Crippen LogP contribution in [-0.2, 0) is 28.8 Å². The van der Waals surface area contributed by atoms with Crippen LogP contribution in [0.5, 0.6) is 0 Å². The Morgan fingerprint density at radius 3 is 2.27 bits per heavy atom. The molecule has 2 fully saturated rings. The quantitative estimate of drug-likeness (QED) is 0.266. The van der Waals surface area contributed by atoms with Crippen LogP contribution in [0.1, 0.15) is 63.9 Å². The van der Waals surface area contributed by atoms with Crippen LogP contribution in [0.15, 0.2) is 29.4 Å². The third-order valence-corrected chi connectivity index (χ3v) is 7.53. The fourth-order valence-corrected chi connectivity index (χ4v) is 5.13. The van der Waals surface area contributed by atoms with Crippen molar-refractivity contribution in [1.29, 1.82) is 0 Å². The number of aliphatic hydroxyl groups is 1. The lowest BCUT2D eigenvalue weighted by Gasteiger charge is -2.40. The fraction of sp³-hybridized carbons (Fsp3) is 0.607. The minimum absolute atomic E-state index is 0.108. The second-order valence-electron chi connectivity index (χ2n) is 10.9. The van der Waals surface area contributed by atoms with Crippen LogP contribution >= 0.6 is 0 Å². The Hall–Kier alpha value is -3.58. The Bertz CT molecular complexity index is 1130. The van der Waals surface area contributed by atoms with Gasteiger partial charge in [-0.15, -0.1) is 0 Å². The lowest BCUT2D eigenvalue weighted by molar-refractivity contribution is -0.170. The van der Waals surface area contributed by atoms with E-state index in [9.17, 15) is 23.6 Å². The molecule has 0 radical (unpaired) electrons. The number of esters is 1. The number of oxime groups is 1. The Kier molecular flexibility index (Phi) is 10.8. The maximum atomic E-state index is 13.5. The van der Waals surface area contributed by atoms with E-state index in [1.807, 2.05) is 13.0 Å². The summed E-state index contributed by atoms with van der Waals surface area (Å²) in [4.78, 5) is 51.5. The van der Waals surface area contributed by atoms with Gasteiger partial charge in [-0.05, 0) is 63.7 Å². The zero-order chi connectivity index (χ0) is 30.2. The average molecular weight is 581 g/mol. The van der Waals surface area contributed by atoms with Crippen LogP contribution in [0, 0.1) is 17.2 Å². The van der Waals surface area contributed by atoms with E-state index in [0.717, 1.165) is 49.7 Å². The third kappa shape index (κ3) is 9.22. The average Bonchev–Trinajstić information content (AvgIpc) is 3.59. The van der Waals surface area contributed by atoms with E-state index in [1.54, 1.807) is 6.07 Å². The van der Waals surface area contributed by atoms with Crippen molar-refractivity contribution in [3.8, 4) is 0 Å². The monoisotopic (exact) mass is 580 g/mol. The summed E-state index contributed by atoms with van der Waals surface area (Å²) in [5, 5.41) is 38.0. The molecule has 1 aromatic carbocycles. The summed E-state index contributed by atoms with van der Waals surface area (Å²) in [6.07, 6.45) is 3.02. The van der Waals surface area contributed by atoms with Gasteiger partial charge in [-0.2, -0.15) is 0 Å². The van der Waals surface area contributed by atoms with Gasteiger partial charge in [0, 0.05) is 24.9 Å². The molecular weight excluding hydrogens is 543 g/mol. The van der Waals surface area contributed by atoms with Gasteiger partial charge in [0.1, 0.15) is 11.9 Å². The predicted molar refractivity (Wildman–Crippen MR) is 142 cm³/mol. The second kappa shape index (κ2) is 13.9. The number of carbonyl (C=O) groups is 4. The Morgan fingerprint density at radius 1 is 1.12 bits per heavy atom.